The first-order valence-electron chi connectivity index (χ1n) is 4.39. The van der Waals surface area contributed by atoms with Crippen molar-refractivity contribution >= 4 is 12.4 Å². The van der Waals surface area contributed by atoms with Gasteiger partial charge in [-0.3, -0.25) is 0 Å². The second-order valence-corrected chi connectivity index (χ2v) is 3.08. The third-order valence-corrected chi connectivity index (χ3v) is 1.95. The fraction of sp³-hybridized carbons (Fsp3) is 0.200. The Labute approximate surface area is 93.9 Å². The maximum Gasteiger partial charge on any atom is 0.240 e. The molecular formula is C10H12ClN3O. The van der Waals surface area contributed by atoms with Crippen LogP contribution in [-0.4, -0.2) is 10.1 Å². The van der Waals surface area contributed by atoms with Crippen LogP contribution in [0.25, 0.3) is 11.4 Å². The first-order chi connectivity index (χ1) is 6.79. The van der Waals surface area contributed by atoms with Crippen LogP contribution in [0.5, 0.6) is 0 Å². The molecule has 0 fully saturated rings. The van der Waals surface area contributed by atoms with E-state index >= 15 is 0 Å². The molecule has 0 saturated carbocycles. The average Bonchev–Trinajstić information content (AvgIpc) is 2.67. The van der Waals surface area contributed by atoms with Gasteiger partial charge in [-0.05, 0) is 6.92 Å². The van der Waals surface area contributed by atoms with E-state index in [0.717, 1.165) is 5.56 Å². The smallest absolute Gasteiger partial charge is 0.240 e. The van der Waals surface area contributed by atoms with Gasteiger partial charge >= 0.3 is 0 Å². The monoisotopic (exact) mass is 225 g/mol. The second-order valence-electron chi connectivity index (χ2n) is 3.08. The standard InChI is InChI=1S/C10H11N3O.ClH/c1-7-2-4-8(5-3-7)10-12-9(6-11)14-13-10;/h2-5H,6,11H2,1H3;1H. The SMILES string of the molecule is Cc1ccc(-c2noc(CN)n2)cc1.Cl. The Hall–Kier alpha value is -1.39. The summed E-state index contributed by atoms with van der Waals surface area (Å²) in [4.78, 5) is 4.13. The summed E-state index contributed by atoms with van der Waals surface area (Å²) in [6, 6.07) is 7.93. The first-order valence-corrected chi connectivity index (χ1v) is 4.39. The lowest BCUT2D eigenvalue weighted by molar-refractivity contribution is 0.380. The molecule has 0 radical (unpaired) electrons. The predicted molar refractivity (Wildman–Crippen MR) is 59.6 cm³/mol. The zero-order chi connectivity index (χ0) is 9.97. The molecule has 1 aromatic carbocycles. The normalized spacial score (nSPS) is 9.73. The lowest BCUT2D eigenvalue weighted by atomic mass is 10.1. The molecule has 0 aliphatic rings. The summed E-state index contributed by atoms with van der Waals surface area (Å²) in [5, 5.41) is 3.82. The maximum absolute atomic E-state index is 5.37. The van der Waals surface area contributed by atoms with E-state index in [4.69, 9.17) is 10.3 Å². The second kappa shape index (κ2) is 4.91. The van der Waals surface area contributed by atoms with Crippen LogP contribution >= 0.6 is 12.4 Å². The summed E-state index contributed by atoms with van der Waals surface area (Å²) >= 11 is 0. The van der Waals surface area contributed by atoms with E-state index in [-0.39, 0.29) is 19.0 Å². The van der Waals surface area contributed by atoms with Gasteiger partial charge in [0.15, 0.2) is 0 Å². The summed E-state index contributed by atoms with van der Waals surface area (Å²) in [5.41, 5.74) is 7.52. The van der Waals surface area contributed by atoms with Crippen molar-refractivity contribution in [2.45, 2.75) is 13.5 Å². The Morgan fingerprint density at radius 1 is 1.27 bits per heavy atom. The lowest BCUT2D eigenvalue weighted by Gasteiger charge is -1.94. The van der Waals surface area contributed by atoms with Crippen molar-refractivity contribution in [1.82, 2.24) is 10.1 Å². The maximum atomic E-state index is 5.37. The van der Waals surface area contributed by atoms with Gasteiger partial charge in [0.1, 0.15) is 0 Å². The minimum absolute atomic E-state index is 0. The predicted octanol–water partition coefficient (Wildman–Crippen LogP) is 1.93. The van der Waals surface area contributed by atoms with Gasteiger partial charge in [-0.25, -0.2) is 0 Å². The molecule has 2 N–H and O–H groups in total. The number of hydrogen-bond acceptors (Lipinski definition) is 4. The highest BCUT2D eigenvalue weighted by molar-refractivity contribution is 5.85. The van der Waals surface area contributed by atoms with Crippen LogP contribution in [0.4, 0.5) is 0 Å². The molecule has 0 aliphatic carbocycles. The Bertz CT molecular complexity index is 424. The van der Waals surface area contributed by atoms with Crippen LogP contribution in [0.2, 0.25) is 0 Å². The number of nitrogens with zero attached hydrogens (tertiary/aromatic N) is 2. The molecule has 80 valence electrons. The molecule has 0 spiro atoms. The molecule has 2 aromatic rings. The third kappa shape index (κ3) is 2.55. The molecule has 5 heteroatoms. The molecule has 0 amide bonds. The summed E-state index contributed by atoms with van der Waals surface area (Å²) in [6.45, 7) is 2.31. The van der Waals surface area contributed by atoms with E-state index in [1.807, 2.05) is 31.2 Å². The minimum atomic E-state index is 0. The van der Waals surface area contributed by atoms with Crippen molar-refractivity contribution in [3.63, 3.8) is 0 Å². The van der Waals surface area contributed by atoms with Crippen LogP contribution in [0.15, 0.2) is 28.8 Å². The highest BCUT2D eigenvalue weighted by atomic mass is 35.5. The summed E-state index contributed by atoms with van der Waals surface area (Å²) < 4.78 is 4.91. The zero-order valence-electron chi connectivity index (χ0n) is 8.30. The van der Waals surface area contributed by atoms with Crippen molar-refractivity contribution in [2.75, 3.05) is 0 Å². The molecule has 0 aliphatic heterocycles. The number of rotatable bonds is 2. The molecule has 2 rings (SSSR count). The Morgan fingerprint density at radius 3 is 2.47 bits per heavy atom. The highest BCUT2D eigenvalue weighted by Crippen LogP contribution is 2.15. The van der Waals surface area contributed by atoms with E-state index in [1.165, 1.54) is 5.56 Å². The third-order valence-electron chi connectivity index (χ3n) is 1.95. The van der Waals surface area contributed by atoms with Gasteiger partial charge in [0.05, 0.1) is 6.54 Å². The van der Waals surface area contributed by atoms with Crippen molar-refractivity contribution in [2.24, 2.45) is 5.73 Å². The summed E-state index contributed by atoms with van der Waals surface area (Å²) in [7, 11) is 0. The van der Waals surface area contributed by atoms with Crippen molar-refractivity contribution in [1.29, 1.82) is 0 Å². The van der Waals surface area contributed by atoms with E-state index in [2.05, 4.69) is 10.1 Å². The molecule has 0 saturated heterocycles. The van der Waals surface area contributed by atoms with Gasteiger partial charge in [0.2, 0.25) is 11.7 Å². The fourth-order valence-corrected chi connectivity index (χ4v) is 1.16. The molecule has 0 unspecified atom stereocenters. The first kappa shape index (κ1) is 11.7. The Morgan fingerprint density at radius 2 is 1.93 bits per heavy atom. The topological polar surface area (TPSA) is 64.9 Å². The molecular weight excluding hydrogens is 214 g/mol. The number of benzene rings is 1. The fourth-order valence-electron chi connectivity index (χ4n) is 1.16. The van der Waals surface area contributed by atoms with Gasteiger partial charge in [0.25, 0.3) is 0 Å². The van der Waals surface area contributed by atoms with Crippen molar-refractivity contribution < 1.29 is 4.52 Å². The van der Waals surface area contributed by atoms with E-state index in [0.29, 0.717) is 11.7 Å². The van der Waals surface area contributed by atoms with Gasteiger partial charge in [-0.1, -0.05) is 35.0 Å². The molecule has 0 bridgehead atoms. The van der Waals surface area contributed by atoms with Gasteiger partial charge in [0, 0.05) is 5.56 Å². The van der Waals surface area contributed by atoms with Gasteiger partial charge in [-0.2, -0.15) is 4.98 Å². The number of aryl methyl sites for hydroxylation is 1. The molecule has 15 heavy (non-hydrogen) atoms. The number of halogens is 1. The number of aromatic nitrogens is 2. The quantitative estimate of drug-likeness (QED) is 0.848. The van der Waals surface area contributed by atoms with Gasteiger partial charge < -0.3 is 10.3 Å². The van der Waals surface area contributed by atoms with Gasteiger partial charge in [-0.15, -0.1) is 12.4 Å². The van der Waals surface area contributed by atoms with E-state index in [1.54, 1.807) is 0 Å². The molecule has 1 heterocycles. The zero-order valence-corrected chi connectivity index (χ0v) is 9.12. The average molecular weight is 226 g/mol. The van der Waals surface area contributed by atoms with Crippen LogP contribution in [-0.2, 0) is 6.54 Å². The van der Waals surface area contributed by atoms with Crippen LogP contribution in [0, 0.1) is 6.92 Å². The van der Waals surface area contributed by atoms with E-state index < -0.39 is 0 Å². The number of hydrogen-bond donors (Lipinski definition) is 1. The summed E-state index contributed by atoms with van der Waals surface area (Å²) in [6.07, 6.45) is 0. The van der Waals surface area contributed by atoms with Crippen molar-refractivity contribution in [3.05, 3.63) is 35.7 Å². The van der Waals surface area contributed by atoms with Crippen molar-refractivity contribution in [3.8, 4) is 11.4 Å². The van der Waals surface area contributed by atoms with Crippen LogP contribution in [0.1, 0.15) is 11.5 Å². The summed E-state index contributed by atoms with van der Waals surface area (Å²) in [5.74, 6) is 1.05. The lowest BCUT2D eigenvalue weighted by Crippen LogP contribution is -1.95. The molecule has 1 aromatic heterocycles. The number of nitrogens with two attached hydrogens (primary N) is 1. The minimum Gasteiger partial charge on any atom is -0.338 e. The Balaban J connectivity index is 0.00000112. The van der Waals surface area contributed by atoms with E-state index in [9.17, 15) is 0 Å². The highest BCUT2D eigenvalue weighted by Gasteiger charge is 2.05. The molecule has 0 atom stereocenters. The largest absolute Gasteiger partial charge is 0.338 e. The Kier molecular flexibility index (Phi) is 3.82. The van der Waals surface area contributed by atoms with Crippen LogP contribution < -0.4 is 5.73 Å². The van der Waals surface area contributed by atoms with Crippen LogP contribution in [0.3, 0.4) is 0 Å². The molecule has 4 nitrogen and oxygen atoms in total.